The van der Waals surface area contributed by atoms with Crippen LogP contribution < -0.4 is 5.32 Å². The summed E-state index contributed by atoms with van der Waals surface area (Å²) in [5, 5.41) is 18.8. The molecule has 2 aromatic rings. The van der Waals surface area contributed by atoms with Crippen molar-refractivity contribution in [1.82, 2.24) is 15.2 Å². The molecule has 0 bridgehead atoms. The summed E-state index contributed by atoms with van der Waals surface area (Å²) in [6, 6.07) is 3.27. The molecule has 0 saturated carbocycles. The van der Waals surface area contributed by atoms with E-state index < -0.39 is 28.0 Å². The number of para-hydroxylation sites is 1. The zero-order valence-electron chi connectivity index (χ0n) is 9.68. The lowest BCUT2D eigenvalue weighted by atomic mass is 10.2. The van der Waals surface area contributed by atoms with Crippen LogP contribution in [0.1, 0.15) is 16.4 Å². The molecule has 9 heteroatoms. The molecular weight excluding hydrogens is 257 g/mol. The number of nitro benzene ring substituents is 1. The van der Waals surface area contributed by atoms with Crippen LogP contribution in [0.15, 0.2) is 18.2 Å². The average Bonchev–Trinajstić information content (AvgIpc) is 2.78. The van der Waals surface area contributed by atoms with Crippen molar-refractivity contribution in [3.05, 3.63) is 45.8 Å². The van der Waals surface area contributed by atoms with Crippen molar-refractivity contribution in [1.29, 1.82) is 0 Å². The van der Waals surface area contributed by atoms with Crippen LogP contribution in [0, 0.1) is 22.9 Å². The Hall–Kier alpha value is -2.84. The van der Waals surface area contributed by atoms with Crippen molar-refractivity contribution >= 4 is 17.3 Å². The highest BCUT2D eigenvalue weighted by molar-refractivity contribution is 6.02. The third-order valence-electron chi connectivity index (χ3n) is 2.23. The van der Waals surface area contributed by atoms with Crippen LogP contribution in [0.4, 0.5) is 15.8 Å². The summed E-state index contributed by atoms with van der Waals surface area (Å²) in [5.74, 6) is -1.57. The Morgan fingerprint density at radius 3 is 2.84 bits per heavy atom. The quantitative estimate of drug-likeness (QED) is 0.643. The molecule has 2 rings (SSSR count). The monoisotopic (exact) mass is 265 g/mol. The minimum absolute atomic E-state index is 0.227. The molecule has 2 N–H and O–H groups in total. The van der Waals surface area contributed by atoms with Gasteiger partial charge in [-0.3, -0.25) is 20.0 Å². The van der Waals surface area contributed by atoms with Gasteiger partial charge in [-0.05, 0) is 13.0 Å². The number of amides is 1. The fourth-order valence-corrected chi connectivity index (χ4v) is 1.40. The van der Waals surface area contributed by atoms with E-state index in [0.29, 0.717) is 5.82 Å². The lowest BCUT2D eigenvalue weighted by molar-refractivity contribution is -0.384. The Kier molecular flexibility index (Phi) is 3.19. The molecule has 1 aromatic carbocycles. The first-order chi connectivity index (χ1) is 8.99. The van der Waals surface area contributed by atoms with E-state index in [2.05, 4.69) is 20.5 Å². The first-order valence-corrected chi connectivity index (χ1v) is 5.12. The number of nitro groups is 1. The van der Waals surface area contributed by atoms with Gasteiger partial charge in [0.1, 0.15) is 5.82 Å². The van der Waals surface area contributed by atoms with Gasteiger partial charge in [-0.15, -0.1) is 5.10 Å². The largest absolute Gasteiger partial charge is 0.311 e. The highest BCUT2D eigenvalue weighted by Crippen LogP contribution is 2.27. The molecule has 0 atom stereocenters. The van der Waals surface area contributed by atoms with E-state index in [1.807, 2.05) is 0 Å². The topological polar surface area (TPSA) is 114 Å². The number of carbonyl (C=O) groups is 1. The van der Waals surface area contributed by atoms with Gasteiger partial charge in [-0.1, -0.05) is 6.07 Å². The smallest absolute Gasteiger partial charge is 0.295 e. The molecule has 0 radical (unpaired) electrons. The molecule has 0 aliphatic rings. The molecule has 0 fully saturated rings. The average molecular weight is 265 g/mol. The van der Waals surface area contributed by atoms with E-state index in [1.54, 1.807) is 6.92 Å². The van der Waals surface area contributed by atoms with Gasteiger partial charge in [0.05, 0.1) is 4.92 Å². The van der Waals surface area contributed by atoms with Gasteiger partial charge in [-0.25, -0.2) is 9.37 Å². The maximum atomic E-state index is 13.5. The second-order valence-electron chi connectivity index (χ2n) is 3.59. The normalized spacial score (nSPS) is 10.2. The van der Waals surface area contributed by atoms with Crippen molar-refractivity contribution in [3.8, 4) is 0 Å². The number of halogens is 1. The fourth-order valence-electron chi connectivity index (χ4n) is 1.40. The first-order valence-electron chi connectivity index (χ1n) is 5.12. The summed E-state index contributed by atoms with van der Waals surface area (Å²) in [5.41, 5.74) is -1.06. The number of anilines is 1. The van der Waals surface area contributed by atoms with Crippen LogP contribution in [-0.4, -0.2) is 26.0 Å². The second kappa shape index (κ2) is 4.80. The van der Waals surface area contributed by atoms with Crippen molar-refractivity contribution in [2.24, 2.45) is 0 Å². The van der Waals surface area contributed by atoms with Gasteiger partial charge in [0, 0.05) is 6.07 Å². The third kappa shape index (κ3) is 2.54. The SMILES string of the molecule is Cc1nc(C(=O)Nc2c(F)cccc2[N+](=O)[O-])n[nH]1. The van der Waals surface area contributed by atoms with E-state index in [4.69, 9.17) is 0 Å². The van der Waals surface area contributed by atoms with Gasteiger partial charge in [0.25, 0.3) is 11.6 Å². The number of rotatable bonds is 3. The van der Waals surface area contributed by atoms with Gasteiger partial charge in [-0.2, -0.15) is 0 Å². The predicted octanol–water partition coefficient (Wildman–Crippen LogP) is 1.41. The zero-order chi connectivity index (χ0) is 14.0. The number of aryl methyl sites for hydroxylation is 1. The van der Waals surface area contributed by atoms with Gasteiger partial charge >= 0.3 is 0 Å². The summed E-state index contributed by atoms with van der Waals surface area (Å²) in [4.78, 5) is 25.4. The lowest BCUT2D eigenvalue weighted by Crippen LogP contribution is -2.16. The Morgan fingerprint density at radius 2 is 2.26 bits per heavy atom. The number of nitrogens with zero attached hydrogens (tertiary/aromatic N) is 3. The van der Waals surface area contributed by atoms with E-state index in [9.17, 15) is 19.3 Å². The van der Waals surface area contributed by atoms with Crippen LogP contribution in [0.25, 0.3) is 0 Å². The molecule has 98 valence electrons. The zero-order valence-corrected chi connectivity index (χ0v) is 9.68. The molecular formula is C10H8FN5O3. The number of carbonyl (C=O) groups excluding carboxylic acids is 1. The minimum atomic E-state index is -0.908. The molecule has 0 aliphatic heterocycles. The molecule has 0 saturated heterocycles. The Morgan fingerprint density at radius 1 is 1.53 bits per heavy atom. The number of H-pyrrole nitrogens is 1. The standard InChI is InChI=1S/C10H8FN5O3/c1-5-12-9(15-14-5)10(17)13-8-6(11)3-2-4-7(8)16(18)19/h2-4H,1H3,(H,13,17)(H,12,14,15). The van der Waals surface area contributed by atoms with Crippen LogP contribution in [-0.2, 0) is 0 Å². The van der Waals surface area contributed by atoms with Crippen LogP contribution >= 0.6 is 0 Å². The molecule has 19 heavy (non-hydrogen) atoms. The van der Waals surface area contributed by atoms with Gasteiger partial charge < -0.3 is 5.32 Å². The Balaban J connectivity index is 2.33. The number of aromatic nitrogens is 3. The molecule has 1 amide bonds. The van der Waals surface area contributed by atoms with Crippen molar-refractivity contribution in [2.45, 2.75) is 6.92 Å². The molecule has 1 aromatic heterocycles. The number of hydrogen-bond donors (Lipinski definition) is 2. The minimum Gasteiger partial charge on any atom is -0.311 e. The first kappa shape index (κ1) is 12.6. The van der Waals surface area contributed by atoms with Crippen molar-refractivity contribution in [2.75, 3.05) is 5.32 Å². The molecule has 8 nitrogen and oxygen atoms in total. The number of hydrogen-bond acceptors (Lipinski definition) is 5. The van der Waals surface area contributed by atoms with Crippen molar-refractivity contribution < 1.29 is 14.1 Å². The Labute approximate surface area is 105 Å². The van der Waals surface area contributed by atoms with E-state index in [0.717, 1.165) is 12.1 Å². The number of benzene rings is 1. The third-order valence-corrected chi connectivity index (χ3v) is 2.23. The predicted molar refractivity (Wildman–Crippen MR) is 62.1 cm³/mol. The van der Waals surface area contributed by atoms with Crippen LogP contribution in [0.2, 0.25) is 0 Å². The summed E-state index contributed by atoms with van der Waals surface area (Å²) in [6.07, 6.45) is 0. The fraction of sp³-hybridized carbons (Fsp3) is 0.100. The van der Waals surface area contributed by atoms with Crippen LogP contribution in [0.5, 0.6) is 0 Å². The molecule has 1 heterocycles. The molecule has 0 aliphatic carbocycles. The number of aromatic amines is 1. The van der Waals surface area contributed by atoms with Crippen molar-refractivity contribution in [3.63, 3.8) is 0 Å². The van der Waals surface area contributed by atoms with E-state index in [1.165, 1.54) is 6.07 Å². The molecule has 0 unspecified atom stereocenters. The highest BCUT2D eigenvalue weighted by Gasteiger charge is 2.22. The maximum absolute atomic E-state index is 13.5. The van der Waals surface area contributed by atoms with Crippen LogP contribution in [0.3, 0.4) is 0 Å². The Bertz CT molecular complexity index is 654. The van der Waals surface area contributed by atoms with E-state index >= 15 is 0 Å². The number of nitrogens with one attached hydrogen (secondary N) is 2. The van der Waals surface area contributed by atoms with Gasteiger partial charge in [0.15, 0.2) is 11.5 Å². The molecule has 0 spiro atoms. The second-order valence-corrected chi connectivity index (χ2v) is 3.59. The summed E-state index contributed by atoms with van der Waals surface area (Å²) in [6.45, 7) is 1.58. The van der Waals surface area contributed by atoms with Gasteiger partial charge in [0.2, 0.25) is 5.82 Å². The summed E-state index contributed by atoms with van der Waals surface area (Å²) in [7, 11) is 0. The summed E-state index contributed by atoms with van der Waals surface area (Å²) >= 11 is 0. The maximum Gasteiger partial charge on any atom is 0.295 e. The highest BCUT2D eigenvalue weighted by atomic mass is 19.1. The summed E-state index contributed by atoms with van der Waals surface area (Å²) < 4.78 is 13.5. The lowest BCUT2D eigenvalue weighted by Gasteiger charge is -2.04. The van der Waals surface area contributed by atoms with E-state index in [-0.39, 0.29) is 5.82 Å².